The molecule has 3 nitrogen and oxygen atoms in total. The maximum Gasteiger partial charge on any atom is 0.0814 e. The summed E-state index contributed by atoms with van der Waals surface area (Å²) in [5.74, 6) is 0.771. The van der Waals surface area contributed by atoms with Crippen molar-refractivity contribution in [2.24, 2.45) is 29.6 Å². The maximum atomic E-state index is 10.4. The van der Waals surface area contributed by atoms with Gasteiger partial charge in [-0.15, -0.1) is 0 Å². The topological polar surface area (TPSA) is 67.8 Å². The zero-order chi connectivity index (χ0) is 10.6. The molecule has 0 aliphatic heterocycles. The molecule has 0 radical (unpaired) electrons. The molecule has 4 bridgehead atoms. The molecule has 0 saturated heterocycles. The molecule has 0 aromatic carbocycles. The van der Waals surface area contributed by atoms with Crippen LogP contribution in [0.4, 0.5) is 0 Å². The molecule has 6 atom stereocenters. The Hall–Kier alpha value is -1.06. The third kappa shape index (κ3) is 1.02. The largest absolute Gasteiger partial charge is 0.388 e. The molecule has 4 aliphatic rings. The van der Waals surface area contributed by atoms with E-state index in [1.54, 1.807) is 0 Å². The molecule has 0 spiro atoms. The van der Waals surface area contributed by atoms with Gasteiger partial charge in [0.25, 0.3) is 0 Å². The molecule has 6 unspecified atom stereocenters. The number of hydrogen-bond donors (Lipinski definition) is 1. The summed E-state index contributed by atoms with van der Waals surface area (Å²) in [7, 11) is 0. The molecule has 4 rings (SSSR count). The average molecular weight is 202 g/mol. The summed E-state index contributed by atoms with van der Waals surface area (Å²) in [6, 6.07) is 4.62. The van der Waals surface area contributed by atoms with Crippen molar-refractivity contribution in [3.05, 3.63) is 0 Å². The lowest BCUT2D eigenvalue weighted by Crippen LogP contribution is -2.60. The Morgan fingerprint density at radius 2 is 1.93 bits per heavy atom. The first kappa shape index (κ1) is 9.19. The summed E-state index contributed by atoms with van der Waals surface area (Å²) in [4.78, 5) is 0. The molecule has 4 aliphatic carbocycles. The van der Waals surface area contributed by atoms with E-state index in [1.165, 1.54) is 0 Å². The van der Waals surface area contributed by atoms with E-state index in [2.05, 4.69) is 12.1 Å². The fourth-order valence-corrected chi connectivity index (χ4v) is 4.38. The van der Waals surface area contributed by atoms with Crippen LogP contribution in [-0.4, -0.2) is 10.7 Å². The standard InChI is InChI=1S/C12H14N2O/c13-5-10-8-1-7-2-9(10)11(6-14)12(15,3-7)4-8/h7-11,15H,1-4H2. The number of hydrogen-bond acceptors (Lipinski definition) is 3. The van der Waals surface area contributed by atoms with Crippen LogP contribution in [0.1, 0.15) is 25.7 Å². The average Bonchev–Trinajstić information content (AvgIpc) is 2.16. The van der Waals surface area contributed by atoms with Crippen LogP contribution in [0.3, 0.4) is 0 Å². The molecule has 1 N–H and O–H groups in total. The minimum Gasteiger partial charge on any atom is -0.388 e. The Morgan fingerprint density at radius 3 is 2.60 bits per heavy atom. The Labute approximate surface area is 89.3 Å². The van der Waals surface area contributed by atoms with Gasteiger partial charge in [0.05, 0.1) is 29.6 Å². The summed E-state index contributed by atoms with van der Waals surface area (Å²) >= 11 is 0. The van der Waals surface area contributed by atoms with Crippen LogP contribution in [-0.2, 0) is 0 Å². The molecule has 0 heterocycles. The van der Waals surface area contributed by atoms with Gasteiger partial charge in [-0.2, -0.15) is 10.5 Å². The van der Waals surface area contributed by atoms with Gasteiger partial charge >= 0.3 is 0 Å². The molecule has 4 saturated carbocycles. The summed E-state index contributed by atoms with van der Waals surface area (Å²) in [6.07, 6.45) is 3.54. The van der Waals surface area contributed by atoms with Crippen molar-refractivity contribution in [2.75, 3.05) is 0 Å². The number of rotatable bonds is 0. The second kappa shape index (κ2) is 2.74. The fraction of sp³-hybridized carbons (Fsp3) is 0.833. The van der Waals surface area contributed by atoms with E-state index in [4.69, 9.17) is 10.5 Å². The lowest BCUT2D eigenvalue weighted by Gasteiger charge is -2.58. The predicted octanol–water partition coefficient (Wildman–Crippen LogP) is 1.45. The van der Waals surface area contributed by atoms with Gasteiger partial charge in [-0.3, -0.25) is 0 Å². The number of nitrogens with zero attached hydrogens (tertiary/aromatic N) is 2. The summed E-state index contributed by atoms with van der Waals surface area (Å²) < 4.78 is 0. The van der Waals surface area contributed by atoms with Gasteiger partial charge in [0.2, 0.25) is 0 Å². The van der Waals surface area contributed by atoms with Crippen LogP contribution in [0.15, 0.2) is 0 Å². The molecule has 0 amide bonds. The van der Waals surface area contributed by atoms with E-state index in [0.29, 0.717) is 18.3 Å². The second-order valence-electron chi connectivity index (χ2n) is 5.53. The molecule has 0 aromatic rings. The van der Waals surface area contributed by atoms with E-state index in [-0.39, 0.29) is 17.8 Å². The van der Waals surface area contributed by atoms with Crippen LogP contribution in [0, 0.1) is 52.3 Å². The third-order valence-electron chi connectivity index (χ3n) is 4.76. The third-order valence-corrected chi connectivity index (χ3v) is 4.76. The highest BCUT2D eigenvalue weighted by atomic mass is 16.3. The van der Waals surface area contributed by atoms with E-state index < -0.39 is 5.60 Å². The Morgan fingerprint density at radius 1 is 1.13 bits per heavy atom. The van der Waals surface area contributed by atoms with Gasteiger partial charge in [0, 0.05) is 0 Å². The SMILES string of the molecule is N#CC1C2CC3CC1C(C#N)C(O)(C3)C2. The van der Waals surface area contributed by atoms with E-state index in [9.17, 15) is 5.11 Å². The zero-order valence-electron chi connectivity index (χ0n) is 8.56. The highest BCUT2D eigenvalue weighted by molar-refractivity contribution is 5.18. The van der Waals surface area contributed by atoms with Crippen molar-refractivity contribution in [1.29, 1.82) is 10.5 Å². The molecule has 4 fully saturated rings. The molecule has 0 aromatic heterocycles. The smallest absolute Gasteiger partial charge is 0.0814 e. The van der Waals surface area contributed by atoms with Crippen LogP contribution in [0.2, 0.25) is 0 Å². The summed E-state index contributed by atoms with van der Waals surface area (Å²) in [5.41, 5.74) is -0.765. The zero-order valence-corrected chi connectivity index (χ0v) is 8.56. The first-order valence-corrected chi connectivity index (χ1v) is 5.69. The van der Waals surface area contributed by atoms with E-state index in [1.807, 2.05) is 0 Å². The molecule has 15 heavy (non-hydrogen) atoms. The van der Waals surface area contributed by atoms with Crippen LogP contribution >= 0.6 is 0 Å². The van der Waals surface area contributed by atoms with Crippen LogP contribution < -0.4 is 0 Å². The van der Waals surface area contributed by atoms with Gasteiger partial charge in [-0.25, -0.2) is 0 Å². The molecular formula is C12H14N2O. The Balaban J connectivity index is 2.03. The quantitative estimate of drug-likeness (QED) is 0.646. The monoisotopic (exact) mass is 202 g/mol. The predicted molar refractivity (Wildman–Crippen MR) is 52.1 cm³/mol. The molecule has 3 heteroatoms. The maximum absolute atomic E-state index is 10.4. The van der Waals surface area contributed by atoms with Gasteiger partial charge < -0.3 is 5.11 Å². The van der Waals surface area contributed by atoms with Crippen molar-refractivity contribution >= 4 is 0 Å². The van der Waals surface area contributed by atoms with Gasteiger partial charge in [-0.05, 0) is 43.4 Å². The fourth-order valence-electron chi connectivity index (χ4n) is 4.38. The minimum absolute atomic E-state index is 0.0199. The van der Waals surface area contributed by atoms with Gasteiger partial charge in [0.15, 0.2) is 0 Å². The highest BCUT2D eigenvalue weighted by Crippen LogP contribution is 2.60. The second-order valence-corrected chi connectivity index (χ2v) is 5.53. The molecular weight excluding hydrogens is 188 g/mol. The Bertz CT molecular complexity index is 380. The summed E-state index contributed by atoms with van der Waals surface area (Å²) in [6.45, 7) is 0. The van der Waals surface area contributed by atoms with Crippen molar-refractivity contribution in [2.45, 2.75) is 31.3 Å². The number of aliphatic hydroxyl groups is 1. The van der Waals surface area contributed by atoms with Crippen LogP contribution in [0.25, 0.3) is 0 Å². The lowest BCUT2D eigenvalue weighted by molar-refractivity contribution is -0.168. The number of nitriles is 2. The minimum atomic E-state index is -0.765. The first-order chi connectivity index (χ1) is 7.18. The van der Waals surface area contributed by atoms with Crippen molar-refractivity contribution in [1.82, 2.24) is 0 Å². The Kier molecular flexibility index (Phi) is 1.68. The van der Waals surface area contributed by atoms with Crippen molar-refractivity contribution in [3.8, 4) is 12.1 Å². The van der Waals surface area contributed by atoms with Crippen LogP contribution in [0.5, 0.6) is 0 Å². The molecule has 78 valence electrons. The normalized spacial score (nSPS) is 56.1. The lowest BCUT2D eigenvalue weighted by atomic mass is 9.46. The van der Waals surface area contributed by atoms with Crippen molar-refractivity contribution < 1.29 is 5.11 Å². The van der Waals surface area contributed by atoms with Crippen molar-refractivity contribution in [3.63, 3.8) is 0 Å². The summed E-state index contributed by atoms with van der Waals surface area (Å²) in [5, 5.41) is 28.8. The first-order valence-electron chi connectivity index (χ1n) is 5.69. The van der Waals surface area contributed by atoms with E-state index >= 15 is 0 Å². The van der Waals surface area contributed by atoms with E-state index in [0.717, 1.165) is 19.3 Å². The van der Waals surface area contributed by atoms with Gasteiger partial charge in [0.1, 0.15) is 0 Å². The highest BCUT2D eigenvalue weighted by Gasteiger charge is 2.60. The van der Waals surface area contributed by atoms with Gasteiger partial charge in [-0.1, -0.05) is 0 Å².